The fourth-order valence-corrected chi connectivity index (χ4v) is 4.03. The van der Waals surface area contributed by atoms with Gasteiger partial charge in [-0.15, -0.1) is 0 Å². The van der Waals surface area contributed by atoms with Gasteiger partial charge in [0.2, 0.25) is 5.78 Å². The highest BCUT2D eigenvalue weighted by Gasteiger charge is 2.32. The van der Waals surface area contributed by atoms with Crippen molar-refractivity contribution in [2.75, 3.05) is 0 Å². The van der Waals surface area contributed by atoms with Crippen LogP contribution in [0.2, 0.25) is 0 Å². The Kier molecular flexibility index (Phi) is 9.32. The normalized spacial score (nSPS) is 25.5. The van der Waals surface area contributed by atoms with Gasteiger partial charge in [-0.1, -0.05) is 57.1 Å². The predicted octanol–water partition coefficient (Wildman–Crippen LogP) is 5.24. The fourth-order valence-electron chi connectivity index (χ4n) is 4.03. The Morgan fingerprint density at radius 1 is 0.680 bits per heavy atom. The minimum Gasteiger partial charge on any atom is -0.368 e. The van der Waals surface area contributed by atoms with Gasteiger partial charge in [0.15, 0.2) is 5.78 Å². The molecule has 0 spiro atoms. The van der Waals surface area contributed by atoms with Crippen molar-refractivity contribution >= 4 is 11.6 Å². The molecular formula is C22H33NO2. The summed E-state index contributed by atoms with van der Waals surface area (Å²) in [5.74, 6) is 0.456. The summed E-state index contributed by atoms with van der Waals surface area (Å²) in [6, 6.07) is 0. The van der Waals surface area contributed by atoms with E-state index in [1.54, 1.807) is 0 Å². The highest BCUT2D eigenvalue weighted by atomic mass is 16.2. The molecule has 2 aliphatic carbocycles. The average molecular weight is 344 g/mol. The van der Waals surface area contributed by atoms with Crippen LogP contribution in [0.25, 0.3) is 0 Å². The summed E-state index contributed by atoms with van der Waals surface area (Å²) >= 11 is 0. The van der Waals surface area contributed by atoms with Crippen molar-refractivity contribution in [2.24, 2.45) is 11.8 Å². The quantitative estimate of drug-likeness (QED) is 0.662. The maximum absolute atomic E-state index is 12.2. The summed E-state index contributed by atoms with van der Waals surface area (Å²) < 4.78 is 0. The van der Waals surface area contributed by atoms with Crippen molar-refractivity contribution in [3.05, 3.63) is 36.7 Å². The van der Waals surface area contributed by atoms with Gasteiger partial charge in [-0.3, -0.25) is 9.59 Å². The molecular weight excluding hydrogens is 310 g/mol. The first kappa shape index (κ1) is 19.7. The number of nitrogens with one attached hydrogen (secondary N) is 1. The molecule has 1 N–H and O–H groups in total. The second-order valence-corrected chi connectivity index (χ2v) is 7.37. The lowest BCUT2D eigenvalue weighted by Gasteiger charge is -2.28. The second kappa shape index (κ2) is 11.8. The van der Waals surface area contributed by atoms with Crippen LogP contribution in [0, 0.1) is 11.8 Å². The van der Waals surface area contributed by atoms with Crippen molar-refractivity contribution in [3.8, 4) is 0 Å². The largest absolute Gasteiger partial charge is 0.368 e. The van der Waals surface area contributed by atoms with Crippen molar-refractivity contribution in [2.45, 2.75) is 77.0 Å². The SMILES string of the molecule is C1=CC=CNC=C1.O=C1CCCCCC(C2CCCCCCC2)C1=O. The van der Waals surface area contributed by atoms with Crippen LogP contribution in [-0.2, 0) is 9.59 Å². The Balaban J connectivity index is 0.000000269. The Morgan fingerprint density at radius 2 is 1.24 bits per heavy atom. The highest BCUT2D eigenvalue weighted by molar-refractivity contribution is 6.38. The Bertz CT molecular complexity index is 482. The minimum absolute atomic E-state index is 0.0275. The van der Waals surface area contributed by atoms with E-state index in [0.717, 1.165) is 25.7 Å². The molecule has 2 saturated carbocycles. The van der Waals surface area contributed by atoms with Gasteiger partial charge in [-0.2, -0.15) is 0 Å². The molecule has 0 bridgehead atoms. The van der Waals surface area contributed by atoms with Crippen LogP contribution < -0.4 is 5.32 Å². The molecule has 0 aromatic carbocycles. The van der Waals surface area contributed by atoms with Crippen LogP contribution in [0.5, 0.6) is 0 Å². The molecule has 25 heavy (non-hydrogen) atoms. The van der Waals surface area contributed by atoms with Crippen LogP contribution in [0.4, 0.5) is 0 Å². The molecule has 0 saturated heterocycles. The topological polar surface area (TPSA) is 46.2 Å². The zero-order chi connectivity index (χ0) is 17.7. The van der Waals surface area contributed by atoms with E-state index in [1.165, 1.54) is 44.9 Å². The molecule has 138 valence electrons. The molecule has 3 heteroatoms. The van der Waals surface area contributed by atoms with Gasteiger partial charge in [0.25, 0.3) is 0 Å². The van der Waals surface area contributed by atoms with E-state index in [0.29, 0.717) is 12.3 Å². The molecule has 3 rings (SSSR count). The number of Topliss-reactive ketones (excluding diaryl/α,β-unsaturated/α-hetero) is 2. The monoisotopic (exact) mass is 343 g/mol. The number of hydrogen-bond donors (Lipinski definition) is 1. The van der Waals surface area contributed by atoms with Gasteiger partial charge >= 0.3 is 0 Å². The Hall–Kier alpha value is -1.64. The number of allylic oxidation sites excluding steroid dienone is 4. The van der Waals surface area contributed by atoms with Crippen molar-refractivity contribution in [1.82, 2.24) is 5.32 Å². The van der Waals surface area contributed by atoms with Gasteiger partial charge in [0.1, 0.15) is 0 Å². The lowest BCUT2D eigenvalue weighted by molar-refractivity contribution is -0.141. The zero-order valence-corrected chi connectivity index (χ0v) is 15.4. The molecule has 2 fully saturated rings. The van der Waals surface area contributed by atoms with E-state index in [1.807, 2.05) is 36.7 Å². The molecule has 1 atom stereocenters. The smallest absolute Gasteiger partial charge is 0.201 e. The van der Waals surface area contributed by atoms with Gasteiger partial charge < -0.3 is 5.32 Å². The predicted molar refractivity (Wildman–Crippen MR) is 103 cm³/mol. The van der Waals surface area contributed by atoms with E-state index in [4.69, 9.17) is 0 Å². The van der Waals surface area contributed by atoms with E-state index in [2.05, 4.69) is 5.32 Å². The zero-order valence-electron chi connectivity index (χ0n) is 15.4. The molecule has 1 heterocycles. The van der Waals surface area contributed by atoms with E-state index >= 15 is 0 Å². The minimum atomic E-state index is -0.0817. The molecule has 0 aromatic heterocycles. The number of rotatable bonds is 1. The van der Waals surface area contributed by atoms with Crippen LogP contribution in [0.15, 0.2) is 36.7 Å². The summed E-state index contributed by atoms with van der Waals surface area (Å²) in [5.41, 5.74) is 0. The lowest BCUT2D eigenvalue weighted by Crippen LogP contribution is -2.31. The van der Waals surface area contributed by atoms with Gasteiger partial charge in [-0.05, 0) is 43.8 Å². The number of hydrogen-bond acceptors (Lipinski definition) is 3. The molecule has 0 radical (unpaired) electrons. The van der Waals surface area contributed by atoms with Gasteiger partial charge in [-0.25, -0.2) is 0 Å². The maximum Gasteiger partial charge on any atom is 0.201 e. The maximum atomic E-state index is 12.2. The molecule has 1 aliphatic heterocycles. The van der Waals surface area contributed by atoms with Crippen molar-refractivity contribution in [1.29, 1.82) is 0 Å². The molecule has 3 nitrogen and oxygen atoms in total. The fraction of sp³-hybridized carbons (Fsp3) is 0.636. The number of carbonyl (C=O) groups excluding carboxylic acids is 2. The summed E-state index contributed by atoms with van der Waals surface area (Å²) in [6.45, 7) is 0. The number of carbonyl (C=O) groups is 2. The third-order valence-corrected chi connectivity index (χ3v) is 5.47. The van der Waals surface area contributed by atoms with Gasteiger partial charge in [0, 0.05) is 24.7 Å². The third kappa shape index (κ3) is 7.41. The van der Waals surface area contributed by atoms with E-state index in [-0.39, 0.29) is 17.5 Å². The summed E-state index contributed by atoms with van der Waals surface area (Å²) in [7, 11) is 0. The van der Waals surface area contributed by atoms with E-state index in [9.17, 15) is 9.59 Å². The van der Waals surface area contributed by atoms with Crippen LogP contribution in [-0.4, -0.2) is 11.6 Å². The highest BCUT2D eigenvalue weighted by Crippen LogP contribution is 2.33. The van der Waals surface area contributed by atoms with Crippen molar-refractivity contribution < 1.29 is 9.59 Å². The van der Waals surface area contributed by atoms with Crippen LogP contribution in [0.3, 0.4) is 0 Å². The Labute approximate surface area is 152 Å². The average Bonchev–Trinajstić information content (AvgIpc) is 2.90. The first-order chi connectivity index (χ1) is 12.3. The standard InChI is InChI=1S/C16H26O2.C6H7N/c17-15-12-8-4-7-11-14(16(15)18)13-9-5-2-1-3-6-10-13;1-2-4-6-7-5-3-1/h13-14H,1-12H2;1-7H. The molecule has 1 unspecified atom stereocenters. The third-order valence-electron chi connectivity index (χ3n) is 5.47. The lowest BCUT2D eigenvalue weighted by atomic mass is 9.75. The summed E-state index contributed by atoms with van der Waals surface area (Å²) in [4.78, 5) is 24.1. The summed E-state index contributed by atoms with van der Waals surface area (Å²) in [6.07, 6.45) is 25.0. The Morgan fingerprint density at radius 3 is 1.92 bits per heavy atom. The molecule has 0 aromatic rings. The van der Waals surface area contributed by atoms with Gasteiger partial charge in [0.05, 0.1) is 0 Å². The second-order valence-electron chi connectivity index (χ2n) is 7.37. The first-order valence-corrected chi connectivity index (χ1v) is 10.1. The first-order valence-electron chi connectivity index (χ1n) is 10.1. The number of ketones is 2. The van der Waals surface area contributed by atoms with Crippen LogP contribution in [0.1, 0.15) is 77.0 Å². The summed E-state index contributed by atoms with van der Waals surface area (Å²) in [5, 5.41) is 2.92. The molecule has 0 amide bonds. The molecule has 3 aliphatic rings. The van der Waals surface area contributed by atoms with Crippen LogP contribution >= 0.6 is 0 Å². The van der Waals surface area contributed by atoms with E-state index < -0.39 is 0 Å². The van der Waals surface area contributed by atoms with Crippen molar-refractivity contribution in [3.63, 3.8) is 0 Å².